The van der Waals surface area contributed by atoms with E-state index < -0.39 is 29.4 Å². The van der Waals surface area contributed by atoms with Gasteiger partial charge in [-0.2, -0.15) is 0 Å². The van der Waals surface area contributed by atoms with Crippen molar-refractivity contribution < 1.29 is 18.4 Å². The molecule has 27 heavy (non-hydrogen) atoms. The molecule has 1 heterocycles. The predicted molar refractivity (Wildman–Crippen MR) is 97.3 cm³/mol. The van der Waals surface area contributed by atoms with Gasteiger partial charge in [-0.05, 0) is 29.3 Å². The van der Waals surface area contributed by atoms with E-state index in [0.29, 0.717) is 5.57 Å². The average Bonchev–Trinajstić information content (AvgIpc) is 3.07. The number of nitrogens with zero attached hydrogens (tertiary/aromatic N) is 1. The lowest BCUT2D eigenvalue weighted by Gasteiger charge is -2.26. The largest absolute Gasteiger partial charge is 0.363 e. The molecule has 1 aliphatic heterocycles. The first-order valence-corrected chi connectivity index (χ1v) is 8.41. The van der Waals surface area contributed by atoms with E-state index in [1.807, 2.05) is 41.3 Å². The fraction of sp³-hybridized carbons (Fsp3) is 0.200. The summed E-state index contributed by atoms with van der Waals surface area (Å²) >= 11 is 0. The lowest BCUT2D eigenvalue weighted by atomic mass is 10.0. The van der Waals surface area contributed by atoms with Gasteiger partial charge in [0.05, 0.1) is 12.1 Å². The first-order chi connectivity index (χ1) is 12.9. The molecule has 7 heteroatoms. The topological polar surface area (TPSA) is 89.4 Å². The number of carbonyl (C=O) groups excluding carboxylic acids is 2. The predicted octanol–water partition coefficient (Wildman–Crippen LogP) is 1.79. The molecule has 1 amide bonds. The lowest BCUT2D eigenvalue weighted by Crippen LogP contribution is -2.47. The highest BCUT2D eigenvalue weighted by Gasteiger charge is 2.31. The molecule has 4 N–H and O–H groups in total. The Labute approximate surface area is 155 Å². The summed E-state index contributed by atoms with van der Waals surface area (Å²) in [5.74, 6) is -3.04. The van der Waals surface area contributed by atoms with Crippen molar-refractivity contribution in [2.75, 3.05) is 13.1 Å². The molecule has 0 saturated carbocycles. The van der Waals surface area contributed by atoms with Crippen molar-refractivity contribution in [1.82, 2.24) is 4.90 Å². The SMILES string of the molecule is NC(=O)C(=O)[C@@H](N)CN1CC(c2cc(F)ccc2F)=CC1c1ccccc1. The van der Waals surface area contributed by atoms with E-state index in [0.717, 1.165) is 23.8 Å². The zero-order chi connectivity index (χ0) is 19.6. The molecule has 0 fully saturated rings. The Balaban J connectivity index is 1.93. The quantitative estimate of drug-likeness (QED) is 0.758. The molecule has 5 nitrogen and oxygen atoms in total. The van der Waals surface area contributed by atoms with Crippen LogP contribution in [-0.4, -0.2) is 35.7 Å². The molecule has 0 aliphatic carbocycles. The van der Waals surface area contributed by atoms with Gasteiger partial charge in [0, 0.05) is 18.7 Å². The fourth-order valence-corrected chi connectivity index (χ4v) is 3.24. The van der Waals surface area contributed by atoms with Crippen LogP contribution in [0.1, 0.15) is 17.2 Å². The van der Waals surface area contributed by atoms with E-state index in [1.54, 1.807) is 0 Å². The third-order valence-electron chi connectivity index (χ3n) is 4.55. The van der Waals surface area contributed by atoms with Gasteiger partial charge in [-0.25, -0.2) is 8.78 Å². The van der Waals surface area contributed by atoms with Gasteiger partial charge < -0.3 is 11.5 Å². The average molecular weight is 371 g/mol. The molecular weight excluding hydrogens is 352 g/mol. The monoisotopic (exact) mass is 371 g/mol. The normalized spacial score (nSPS) is 18.2. The Morgan fingerprint density at radius 1 is 1.15 bits per heavy atom. The highest BCUT2D eigenvalue weighted by atomic mass is 19.1. The van der Waals surface area contributed by atoms with Crippen LogP contribution in [-0.2, 0) is 9.59 Å². The molecule has 0 bridgehead atoms. The van der Waals surface area contributed by atoms with Gasteiger partial charge in [0.2, 0.25) is 5.78 Å². The van der Waals surface area contributed by atoms with Gasteiger partial charge in [-0.3, -0.25) is 14.5 Å². The third kappa shape index (κ3) is 4.10. The Kier molecular flexibility index (Phi) is 5.43. The van der Waals surface area contributed by atoms with Crippen LogP contribution < -0.4 is 11.5 Å². The summed E-state index contributed by atoms with van der Waals surface area (Å²) in [5, 5.41) is 0. The number of Topliss-reactive ketones (excluding diaryl/α,β-unsaturated/α-hetero) is 1. The van der Waals surface area contributed by atoms with Crippen LogP contribution in [0.5, 0.6) is 0 Å². The summed E-state index contributed by atoms with van der Waals surface area (Å²) in [5.41, 5.74) is 12.5. The maximum atomic E-state index is 14.2. The molecule has 0 spiro atoms. The zero-order valence-electron chi connectivity index (χ0n) is 14.4. The van der Waals surface area contributed by atoms with Crippen LogP contribution in [0.3, 0.4) is 0 Å². The molecular formula is C20H19F2N3O2. The van der Waals surface area contributed by atoms with E-state index in [1.165, 1.54) is 0 Å². The first kappa shape index (κ1) is 18.9. The number of benzene rings is 2. The number of carbonyl (C=O) groups is 2. The molecule has 0 aromatic heterocycles. The summed E-state index contributed by atoms with van der Waals surface area (Å²) in [6, 6.07) is 11.2. The number of ketones is 1. The highest BCUT2D eigenvalue weighted by Crippen LogP contribution is 2.35. The van der Waals surface area contributed by atoms with Crippen molar-refractivity contribution in [3.8, 4) is 0 Å². The van der Waals surface area contributed by atoms with Gasteiger partial charge in [0.1, 0.15) is 11.6 Å². The minimum absolute atomic E-state index is 0.0538. The van der Waals surface area contributed by atoms with Crippen LogP contribution >= 0.6 is 0 Å². The van der Waals surface area contributed by atoms with Crippen LogP contribution in [0.4, 0.5) is 8.78 Å². The highest BCUT2D eigenvalue weighted by molar-refractivity contribution is 6.37. The number of hydrogen-bond donors (Lipinski definition) is 2. The van der Waals surface area contributed by atoms with Crippen molar-refractivity contribution in [2.45, 2.75) is 12.1 Å². The molecule has 0 radical (unpaired) electrons. The summed E-state index contributed by atoms with van der Waals surface area (Å²) in [6.45, 7) is 0.304. The summed E-state index contributed by atoms with van der Waals surface area (Å²) in [4.78, 5) is 24.7. The van der Waals surface area contributed by atoms with Gasteiger partial charge in [-0.15, -0.1) is 0 Å². The van der Waals surface area contributed by atoms with Crippen LogP contribution in [0.25, 0.3) is 5.57 Å². The Morgan fingerprint density at radius 3 is 2.52 bits per heavy atom. The van der Waals surface area contributed by atoms with E-state index in [-0.39, 0.29) is 24.7 Å². The van der Waals surface area contributed by atoms with Gasteiger partial charge in [0.15, 0.2) is 0 Å². The number of rotatable bonds is 6. The van der Waals surface area contributed by atoms with E-state index in [9.17, 15) is 18.4 Å². The van der Waals surface area contributed by atoms with Gasteiger partial charge >= 0.3 is 0 Å². The smallest absolute Gasteiger partial charge is 0.286 e. The Morgan fingerprint density at radius 2 is 1.85 bits per heavy atom. The second-order valence-corrected chi connectivity index (χ2v) is 6.44. The molecule has 2 aromatic rings. The minimum atomic E-state index is -1.10. The summed E-state index contributed by atoms with van der Waals surface area (Å²) in [6.07, 6.45) is 1.81. The van der Waals surface area contributed by atoms with E-state index in [4.69, 9.17) is 11.5 Å². The number of amides is 1. The van der Waals surface area contributed by atoms with Crippen LogP contribution in [0.15, 0.2) is 54.6 Å². The van der Waals surface area contributed by atoms with Crippen molar-refractivity contribution in [3.63, 3.8) is 0 Å². The molecule has 140 valence electrons. The Hall–Kier alpha value is -2.90. The standard InChI is InChI=1S/C20H19F2N3O2/c21-14-6-7-16(22)15(9-14)13-8-18(12-4-2-1-3-5-12)25(10-13)11-17(23)19(26)20(24)27/h1-9,17-18H,10-11,23H2,(H2,24,27)/t17-,18?/m0/s1. The lowest BCUT2D eigenvalue weighted by molar-refractivity contribution is -0.137. The number of primary amides is 1. The zero-order valence-corrected chi connectivity index (χ0v) is 14.4. The minimum Gasteiger partial charge on any atom is -0.363 e. The maximum absolute atomic E-state index is 14.2. The molecule has 3 rings (SSSR count). The second-order valence-electron chi connectivity index (χ2n) is 6.44. The van der Waals surface area contributed by atoms with Crippen molar-refractivity contribution in [1.29, 1.82) is 0 Å². The summed E-state index contributed by atoms with van der Waals surface area (Å²) < 4.78 is 27.8. The number of nitrogens with two attached hydrogens (primary N) is 2. The molecule has 2 atom stereocenters. The first-order valence-electron chi connectivity index (χ1n) is 8.41. The second kappa shape index (κ2) is 7.77. The molecule has 1 aliphatic rings. The van der Waals surface area contributed by atoms with E-state index >= 15 is 0 Å². The van der Waals surface area contributed by atoms with E-state index in [2.05, 4.69) is 0 Å². The van der Waals surface area contributed by atoms with Crippen LogP contribution in [0.2, 0.25) is 0 Å². The van der Waals surface area contributed by atoms with Crippen molar-refractivity contribution in [3.05, 3.63) is 77.4 Å². The van der Waals surface area contributed by atoms with Gasteiger partial charge in [0.25, 0.3) is 5.91 Å². The van der Waals surface area contributed by atoms with Gasteiger partial charge in [-0.1, -0.05) is 36.4 Å². The number of hydrogen-bond acceptors (Lipinski definition) is 4. The maximum Gasteiger partial charge on any atom is 0.286 e. The molecule has 2 aromatic carbocycles. The fourth-order valence-electron chi connectivity index (χ4n) is 3.24. The number of halogens is 2. The third-order valence-corrected chi connectivity index (χ3v) is 4.55. The van der Waals surface area contributed by atoms with Crippen LogP contribution in [0, 0.1) is 11.6 Å². The van der Waals surface area contributed by atoms with Crippen molar-refractivity contribution in [2.24, 2.45) is 11.5 Å². The van der Waals surface area contributed by atoms with Crippen molar-refractivity contribution >= 4 is 17.3 Å². The summed E-state index contributed by atoms with van der Waals surface area (Å²) in [7, 11) is 0. The molecule has 0 saturated heterocycles. The molecule has 1 unspecified atom stereocenters. The Bertz CT molecular complexity index is 899.